The molecular formula is C19H30N2O2. The Hall–Kier alpha value is -1.55. The molecule has 1 aromatic carbocycles. The molecule has 0 aliphatic carbocycles. The van der Waals surface area contributed by atoms with Gasteiger partial charge in [-0.15, -0.1) is 0 Å². The van der Waals surface area contributed by atoms with Gasteiger partial charge in [0.05, 0.1) is 12.1 Å². The lowest BCUT2D eigenvalue weighted by atomic mass is 9.89. The van der Waals surface area contributed by atoms with E-state index >= 15 is 0 Å². The average Bonchev–Trinajstić information content (AvgIpc) is 2.53. The number of hydrogen-bond acceptors (Lipinski definition) is 3. The van der Waals surface area contributed by atoms with Crippen LogP contribution in [-0.4, -0.2) is 36.0 Å². The van der Waals surface area contributed by atoms with Crippen molar-refractivity contribution in [2.45, 2.75) is 52.0 Å². The Morgan fingerprint density at radius 2 is 1.87 bits per heavy atom. The van der Waals surface area contributed by atoms with Gasteiger partial charge >= 0.3 is 0 Å². The molecule has 1 fully saturated rings. The fourth-order valence-electron chi connectivity index (χ4n) is 3.12. The van der Waals surface area contributed by atoms with E-state index in [-0.39, 0.29) is 5.91 Å². The van der Waals surface area contributed by atoms with E-state index in [0.717, 1.165) is 38.1 Å². The van der Waals surface area contributed by atoms with Crippen LogP contribution in [0.4, 0.5) is 0 Å². The van der Waals surface area contributed by atoms with E-state index < -0.39 is 5.54 Å². The molecule has 2 rings (SSSR count). The molecule has 23 heavy (non-hydrogen) atoms. The molecule has 2 N–H and O–H groups in total. The Kier molecular flexibility index (Phi) is 6.05. The summed E-state index contributed by atoms with van der Waals surface area (Å²) in [6.45, 7) is 7.95. The molecule has 1 amide bonds. The van der Waals surface area contributed by atoms with E-state index in [4.69, 9.17) is 10.5 Å². The molecular weight excluding hydrogens is 288 g/mol. The van der Waals surface area contributed by atoms with E-state index in [0.29, 0.717) is 12.5 Å². The molecule has 4 heteroatoms. The monoisotopic (exact) mass is 318 g/mol. The summed E-state index contributed by atoms with van der Waals surface area (Å²) >= 11 is 0. The third-order valence-electron chi connectivity index (χ3n) is 4.53. The minimum atomic E-state index is -0.755. The van der Waals surface area contributed by atoms with Crippen LogP contribution in [0.2, 0.25) is 0 Å². The van der Waals surface area contributed by atoms with Crippen LogP contribution in [0.25, 0.3) is 0 Å². The van der Waals surface area contributed by atoms with Crippen LogP contribution in [0.15, 0.2) is 24.3 Å². The number of likely N-dealkylation sites (tertiary alicyclic amines) is 1. The van der Waals surface area contributed by atoms with Crippen molar-refractivity contribution in [3.05, 3.63) is 29.8 Å². The highest BCUT2D eigenvalue weighted by Gasteiger charge is 2.30. The number of hydrogen-bond donors (Lipinski definition) is 1. The highest BCUT2D eigenvalue weighted by molar-refractivity contribution is 5.85. The zero-order valence-electron chi connectivity index (χ0n) is 14.7. The molecule has 4 nitrogen and oxygen atoms in total. The molecule has 0 radical (unpaired) electrons. The van der Waals surface area contributed by atoms with Crippen molar-refractivity contribution in [2.24, 2.45) is 11.7 Å². The summed E-state index contributed by atoms with van der Waals surface area (Å²) in [7, 11) is 0. The molecule has 1 saturated heterocycles. The second-order valence-electron chi connectivity index (χ2n) is 7.07. The number of piperidine rings is 1. The maximum absolute atomic E-state index is 12.2. The molecule has 128 valence electrons. The Morgan fingerprint density at radius 1 is 1.26 bits per heavy atom. The van der Waals surface area contributed by atoms with Crippen LogP contribution >= 0.6 is 0 Å². The summed E-state index contributed by atoms with van der Waals surface area (Å²) in [6, 6.07) is 8.40. The van der Waals surface area contributed by atoms with Crippen molar-refractivity contribution in [1.29, 1.82) is 0 Å². The first kappa shape index (κ1) is 17.8. The molecule has 1 aliphatic rings. The normalized spacial score (nSPS) is 16.4. The van der Waals surface area contributed by atoms with Crippen LogP contribution in [0.1, 0.15) is 45.6 Å². The predicted molar refractivity (Wildman–Crippen MR) is 93.5 cm³/mol. The Bertz CT molecular complexity index is 497. The Balaban J connectivity index is 1.75. The van der Waals surface area contributed by atoms with Gasteiger partial charge in [-0.05, 0) is 70.1 Å². The van der Waals surface area contributed by atoms with Crippen LogP contribution in [0.5, 0.6) is 5.75 Å². The third kappa shape index (κ3) is 5.24. The quantitative estimate of drug-likeness (QED) is 0.877. The number of ether oxygens (including phenoxy) is 1. The van der Waals surface area contributed by atoms with E-state index in [1.165, 1.54) is 12.0 Å². The summed E-state index contributed by atoms with van der Waals surface area (Å²) in [4.78, 5) is 14.1. The molecule has 0 spiro atoms. The van der Waals surface area contributed by atoms with Gasteiger partial charge in [0.2, 0.25) is 5.91 Å². The topological polar surface area (TPSA) is 55.6 Å². The van der Waals surface area contributed by atoms with Crippen LogP contribution in [-0.2, 0) is 11.2 Å². The molecule has 1 aliphatic heterocycles. The first-order chi connectivity index (χ1) is 10.9. The van der Waals surface area contributed by atoms with Crippen molar-refractivity contribution in [3.63, 3.8) is 0 Å². The first-order valence-corrected chi connectivity index (χ1v) is 8.70. The number of carbonyl (C=O) groups is 1. The van der Waals surface area contributed by atoms with Gasteiger partial charge in [0, 0.05) is 13.1 Å². The number of benzene rings is 1. The lowest BCUT2D eigenvalue weighted by Crippen LogP contribution is -2.53. The average molecular weight is 318 g/mol. The maximum atomic E-state index is 12.2. The number of rotatable bonds is 6. The van der Waals surface area contributed by atoms with E-state index in [2.05, 4.69) is 12.1 Å². The van der Waals surface area contributed by atoms with E-state index in [1.807, 2.05) is 24.0 Å². The summed E-state index contributed by atoms with van der Waals surface area (Å²) in [6.07, 6.45) is 4.44. The smallest absolute Gasteiger partial charge is 0.242 e. The first-order valence-electron chi connectivity index (χ1n) is 8.70. The van der Waals surface area contributed by atoms with Gasteiger partial charge < -0.3 is 15.4 Å². The Labute approximate surface area is 140 Å². The second kappa shape index (κ2) is 7.82. The summed E-state index contributed by atoms with van der Waals surface area (Å²) in [5.41, 5.74) is 6.51. The predicted octanol–water partition coefficient (Wildman–Crippen LogP) is 2.99. The lowest BCUT2D eigenvalue weighted by Gasteiger charge is -2.35. The highest BCUT2D eigenvalue weighted by Crippen LogP contribution is 2.24. The second-order valence-corrected chi connectivity index (χ2v) is 7.07. The number of aryl methyl sites for hydroxylation is 1. The SMILES string of the molecule is CCOc1ccc(CCC2CCN(C(=O)C(C)(C)N)CC2)cc1. The number of amides is 1. The van der Waals surface area contributed by atoms with Gasteiger partial charge in [-0.25, -0.2) is 0 Å². The zero-order valence-corrected chi connectivity index (χ0v) is 14.7. The van der Waals surface area contributed by atoms with Crippen molar-refractivity contribution in [3.8, 4) is 5.75 Å². The maximum Gasteiger partial charge on any atom is 0.242 e. The minimum Gasteiger partial charge on any atom is -0.494 e. The van der Waals surface area contributed by atoms with Crippen molar-refractivity contribution >= 4 is 5.91 Å². The van der Waals surface area contributed by atoms with Crippen LogP contribution in [0.3, 0.4) is 0 Å². The van der Waals surface area contributed by atoms with Gasteiger partial charge in [0.15, 0.2) is 0 Å². The number of nitrogens with two attached hydrogens (primary N) is 1. The van der Waals surface area contributed by atoms with Gasteiger partial charge in [-0.1, -0.05) is 12.1 Å². The summed E-state index contributed by atoms with van der Waals surface area (Å²) < 4.78 is 5.47. The standard InChI is InChI=1S/C19H30N2O2/c1-4-23-17-9-7-15(8-10-17)5-6-16-11-13-21(14-12-16)18(22)19(2,3)20/h7-10,16H,4-6,11-14,20H2,1-3H3. The summed E-state index contributed by atoms with van der Waals surface area (Å²) in [5, 5.41) is 0. The van der Waals surface area contributed by atoms with Crippen LogP contribution in [0, 0.1) is 5.92 Å². The molecule has 0 bridgehead atoms. The molecule has 1 aromatic rings. The fraction of sp³-hybridized carbons (Fsp3) is 0.632. The van der Waals surface area contributed by atoms with Crippen LogP contribution < -0.4 is 10.5 Å². The molecule has 0 unspecified atom stereocenters. The fourth-order valence-corrected chi connectivity index (χ4v) is 3.12. The van der Waals surface area contributed by atoms with Gasteiger partial charge in [0.25, 0.3) is 0 Å². The van der Waals surface area contributed by atoms with E-state index in [9.17, 15) is 4.79 Å². The molecule has 0 atom stereocenters. The van der Waals surface area contributed by atoms with Gasteiger partial charge in [0.1, 0.15) is 5.75 Å². The largest absolute Gasteiger partial charge is 0.494 e. The highest BCUT2D eigenvalue weighted by atomic mass is 16.5. The van der Waals surface area contributed by atoms with E-state index in [1.54, 1.807) is 13.8 Å². The third-order valence-corrected chi connectivity index (χ3v) is 4.53. The zero-order chi connectivity index (χ0) is 16.9. The Morgan fingerprint density at radius 3 is 2.39 bits per heavy atom. The van der Waals surface area contributed by atoms with Gasteiger partial charge in [-0.3, -0.25) is 4.79 Å². The number of carbonyl (C=O) groups excluding carboxylic acids is 1. The summed E-state index contributed by atoms with van der Waals surface area (Å²) in [5.74, 6) is 1.71. The van der Waals surface area contributed by atoms with Crippen molar-refractivity contribution < 1.29 is 9.53 Å². The minimum absolute atomic E-state index is 0.0717. The lowest BCUT2D eigenvalue weighted by molar-refractivity contribution is -0.137. The van der Waals surface area contributed by atoms with Crippen molar-refractivity contribution in [2.75, 3.05) is 19.7 Å². The molecule has 0 aromatic heterocycles. The van der Waals surface area contributed by atoms with Gasteiger partial charge in [-0.2, -0.15) is 0 Å². The number of nitrogens with zero attached hydrogens (tertiary/aromatic N) is 1. The molecule has 1 heterocycles. The molecule has 0 saturated carbocycles. The van der Waals surface area contributed by atoms with Crippen molar-refractivity contribution in [1.82, 2.24) is 4.90 Å².